The van der Waals surface area contributed by atoms with Gasteiger partial charge < -0.3 is 15.4 Å². The summed E-state index contributed by atoms with van der Waals surface area (Å²) in [5.41, 5.74) is 8.10. The second-order valence-electron chi connectivity index (χ2n) is 3.81. The number of carbonyl (C=O) groups excluding carboxylic acids is 1. The van der Waals surface area contributed by atoms with E-state index in [-0.39, 0.29) is 0 Å². The van der Waals surface area contributed by atoms with Gasteiger partial charge in [0, 0.05) is 26.0 Å². The molecular formula is C12H17N3O2S. The third kappa shape index (κ3) is 2.59. The summed E-state index contributed by atoms with van der Waals surface area (Å²) >= 11 is 1.20. The molecule has 0 bridgehead atoms. The number of nitrogens with zero attached hydrogens (tertiary/aromatic N) is 2. The molecule has 0 aromatic heterocycles. The molecule has 2 N–H and O–H groups in total. The lowest BCUT2D eigenvalue weighted by atomic mass is 10.1. The number of methoxy groups -OCH3 is 1. The molecule has 0 atom stereocenters. The van der Waals surface area contributed by atoms with Crippen molar-refractivity contribution in [2.45, 2.75) is 6.92 Å². The summed E-state index contributed by atoms with van der Waals surface area (Å²) in [5.74, 6) is -0.448. The maximum atomic E-state index is 11.6. The van der Waals surface area contributed by atoms with Crippen LogP contribution in [-0.4, -0.2) is 37.1 Å². The zero-order valence-electron chi connectivity index (χ0n) is 11.0. The number of esters is 1. The highest BCUT2D eigenvalue weighted by Gasteiger charge is 2.31. The van der Waals surface area contributed by atoms with Crippen molar-refractivity contribution in [2.75, 3.05) is 21.2 Å². The average Bonchev–Trinajstić information content (AvgIpc) is 2.65. The summed E-state index contributed by atoms with van der Waals surface area (Å²) in [5, 5.41) is 0.661. The van der Waals surface area contributed by atoms with Crippen LogP contribution in [0.4, 0.5) is 0 Å². The van der Waals surface area contributed by atoms with Crippen molar-refractivity contribution >= 4 is 22.8 Å². The summed E-state index contributed by atoms with van der Waals surface area (Å²) in [6.45, 7) is 5.48. The smallest absolute Gasteiger partial charge is 0.346 e. The molecular weight excluding hydrogens is 250 g/mol. The van der Waals surface area contributed by atoms with Crippen molar-refractivity contribution in [3.05, 3.63) is 34.7 Å². The minimum Gasteiger partial charge on any atom is -0.465 e. The quantitative estimate of drug-likeness (QED) is 0.784. The number of aliphatic imine (C=N–C) groups is 1. The van der Waals surface area contributed by atoms with E-state index in [0.717, 1.165) is 11.3 Å². The van der Waals surface area contributed by atoms with E-state index >= 15 is 0 Å². The Morgan fingerprint density at radius 2 is 2.17 bits per heavy atom. The minimum atomic E-state index is -0.448. The van der Waals surface area contributed by atoms with Crippen molar-refractivity contribution in [2.24, 2.45) is 10.7 Å². The van der Waals surface area contributed by atoms with Gasteiger partial charge in [0.05, 0.1) is 18.4 Å². The maximum Gasteiger partial charge on any atom is 0.346 e. The molecule has 0 unspecified atom stereocenters. The van der Waals surface area contributed by atoms with E-state index in [9.17, 15) is 4.79 Å². The van der Waals surface area contributed by atoms with Gasteiger partial charge in [-0.15, -0.1) is 0 Å². The van der Waals surface area contributed by atoms with Crippen LogP contribution in [0.3, 0.4) is 0 Å². The fourth-order valence-corrected chi connectivity index (χ4v) is 2.48. The molecule has 0 aromatic carbocycles. The van der Waals surface area contributed by atoms with Crippen LogP contribution in [0, 0.1) is 0 Å². The van der Waals surface area contributed by atoms with E-state index in [1.165, 1.54) is 25.1 Å². The third-order valence-corrected chi connectivity index (χ3v) is 3.63. The standard InChI is InChI=1S/C12H17N3O2S/c1-6-14-11-8(7(2)15(3)4)9(13)10(18-11)12(16)17-5/h6H,1,13H2,2-5H3/b8-7+,14-11?. The number of allylic oxidation sites excluding steroid dienone is 2. The maximum absolute atomic E-state index is 11.6. The Balaban J connectivity index is 3.38. The Morgan fingerprint density at radius 3 is 2.61 bits per heavy atom. The van der Waals surface area contributed by atoms with Gasteiger partial charge in [-0.3, -0.25) is 0 Å². The van der Waals surface area contributed by atoms with E-state index in [2.05, 4.69) is 11.6 Å². The molecule has 1 aliphatic rings. The molecule has 5 nitrogen and oxygen atoms in total. The Kier molecular flexibility index (Phi) is 4.61. The molecule has 18 heavy (non-hydrogen) atoms. The number of hydrogen-bond acceptors (Lipinski definition) is 6. The molecule has 0 amide bonds. The lowest BCUT2D eigenvalue weighted by molar-refractivity contribution is -0.135. The largest absolute Gasteiger partial charge is 0.465 e. The van der Waals surface area contributed by atoms with E-state index in [0.29, 0.717) is 15.6 Å². The SMILES string of the molecule is C=CN=C1SC(C(=O)OC)=C(N)/C1=C(/C)N(C)C. The van der Waals surface area contributed by atoms with Gasteiger partial charge in [0.1, 0.15) is 9.95 Å². The molecule has 98 valence electrons. The molecule has 6 heteroatoms. The van der Waals surface area contributed by atoms with Gasteiger partial charge in [-0.25, -0.2) is 9.79 Å². The Hall–Kier alpha value is -1.69. The number of ether oxygens (including phenoxy) is 1. The fourth-order valence-electron chi connectivity index (χ4n) is 1.42. The van der Waals surface area contributed by atoms with Gasteiger partial charge >= 0.3 is 5.97 Å². The molecule has 0 aliphatic carbocycles. The van der Waals surface area contributed by atoms with Crippen molar-refractivity contribution in [1.29, 1.82) is 0 Å². The molecule has 1 rings (SSSR count). The molecule has 0 saturated heterocycles. The van der Waals surface area contributed by atoms with E-state index in [4.69, 9.17) is 10.5 Å². The average molecular weight is 267 g/mol. The van der Waals surface area contributed by atoms with Crippen LogP contribution in [0.15, 0.2) is 39.6 Å². The first-order valence-electron chi connectivity index (χ1n) is 5.27. The lowest BCUT2D eigenvalue weighted by Gasteiger charge is -2.16. The molecule has 1 heterocycles. The van der Waals surface area contributed by atoms with Crippen LogP contribution < -0.4 is 5.73 Å². The second-order valence-corrected chi connectivity index (χ2v) is 4.81. The van der Waals surface area contributed by atoms with Crippen molar-refractivity contribution < 1.29 is 9.53 Å². The van der Waals surface area contributed by atoms with E-state index < -0.39 is 5.97 Å². The highest BCUT2D eigenvalue weighted by Crippen LogP contribution is 2.38. The van der Waals surface area contributed by atoms with Crippen molar-refractivity contribution in [3.63, 3.8) is 0 Å². The molecule has 1 aliphatic heterocycles. The van der Waals surface area contributed by atoms with Crippen LogP contribution in [0.2, 0.25) is 0 Å². The predicted molar refractivity (Wildman–Crippen MR) is 74.8 cm³/mol. The number of hydrogen-bond donors (Lipinski definition) is 1. The fraction of sp³-hybridized carbons (Fsp3) is 0.333. The topological polar surface area (TPSA) is 67.9 Å². The third-order valence-electron chi connectivity index (χ3n) is 2.54. The zero-order valence-corrected chi connectivity index (χ0v) is 11.8. The van der Waals surface area contributed by atoms with Crippen LogP contribution >= 0.6 is 11.8 Å². The van der Waals surface area contributed by atoms with Crippen LogP contribution in [-0.2, 0) is 9.53 Å². The Bertz CT molecular complexity index is 476. The summed E-state index contributed by atoms with van der Waals surface area (Å²) < 4.78 is 4.70. The molecule has 0 fully saturated rings. The van der Waals surface area contributed by atoms with Gasteiger partial charge in [0.15, 0.2) is 0 Å². The van der Waals surface area contributed by atoms with Crippen LogP contribution in [0.1, 0.15) is 6.92 Å². The lowest BCUT2D eigenvalue weighted by Crippen LogP contribution is -2.16. The van der Waals surface area contributed by atoms with Gasteiger partial charge in [-0.05, 0) is 6.92 Å². The normalized spacial score (nSPS) is 20.1. The van der Waals surface area contributed by atoms with Crippen LogP contribution in [0.5, 0.6) is 0 Å². The highest BCUT2D eigenvalue weighted by molar-refractivity contribution is 8.19. The van der Waals surface area contributed by atoms with Crippen molar-refractivity contribution in [1.82, 2.24) is 4.90 Å². The number of rotatable bonds is 3. The Morgan fingerprint density at radius 1 is 1.56 bits per heavy atom. The zero-order chi connectivity index (χ0) is 13.9. The summed E-state index contributed by atoms with van der Waals surface area (Å²) in [6.07, 6.45) is 1.43. The van der Waals surface area contributed by atoms with Crippen LogP contribution in [0.25, 0.3) is 0 Å². The summed E-state index contributed by atoms with van der Waals surface area (Å²) in [6, 6.07) is 0. The first kappa shape index (κ1) is 14.4. The van der Waals surface area contributed by atoms with Crippen molar-refractivity contribution in [3.8, 4) is 0 Å². The van der Waals surface area contributed by atoms with Gasteiger partial charge in [0.25, 0.3) is 0 Å². The molecule has 0 saturated carbocycles. The van der Waals surface area contributed by atoms with E-state index in [1.807, 2.05) is 25.9 Å². The molecule has 0 radical (unpaired) electrons. The first-order chi connectivity index (χ1) is 8.43. The van der Waals surface area contributed by atoms with E-state index in [1.54, 1.807) is 0 Å². The molecule has 0 aromatic rings. The second kappa shape index (κ2) is 5.77. The Labute approximate surface area is 111 Å². The first-order valence-corrected chi connectivity index (χ1v) is 6.09. The van der Waals surface area contributed by atoms with Gasteiger partial charge in [-0.2, -0.15) is 0 Å². The molecule has 0 spiro atoms. The minimum absolute atomic E-state index is 0.370. The monoisotopic (exact) mass is 267 g/mol. The summed E-state index contributed by atoms with van der Waals surface area (Å²) in [7, 11) is 5.14. The highest BCUT2D eigenvalue weighted by atomic mass is 32.2. The van der Waals surface area contributed by atoms with Gasteiger partial charge in [-0.1, -0.05) is 18.3 Å². The number of nitrogens with two attached hydrogens (primary N) is 1. The number of carbonyl (C=O) groups is 1. The van der Waals surface area contributed by atoms with Gasteiger partial charge in [0.2, 0.25) is 0 Å². The number of thioether (sulfide) groups is 1. The summed E-state index contributed by atoms with van der Waals surface area (Å²) in [4.78, 5) is 18.1. The predicted octanol–water partition coefficient (Wildman–Crippen LogP) is 1.45.